The Morgan fingerprint density at radius 1 is 1.00 bits per heavy atom. The minimum Gasteiger partial charge on any atom is -0.348 e. The second-order valence-electron chi connectivity index (χ2n) is 8.72. The molecule has 1 aliphatic rings. The summed E-state index contributed by atoms with van der Waals surface area (Å²) in [5.74, 6) is 0.623. The zero-order valence-electron chi connectivity index (χ0n) is 19.2. The van der Waals surface area contributed by atoms with Crippen LogP contribution in [0.5, 0.6) is 0 Å². The molecule has 0 amide bonds. The second kappa shape index (κ2) is 11.9. The van der Waals surface area contributed by atoms with Crippen LogP contribution in [-0.4, -0.2) is 50.6 Å². The van der Waals surface area contributed by atoms with Crippen LogP contribution >= 0.6 is 0 Å². The van der Waals surface area contributed by atoms with Crippen molar-refractivity contribution in [2.75, 3.05) is 25.0 Å². The van der Waals surface area contributed by atoms with Gasteiger partial charge in [-0.15, -0.1) is 5.10 Å². The molecule has 3 N–H and O–H groups in total. The Balaban J connectivity index is 1.10. The maximum absolute atomic E-state index is 4.59. The number of hydrogen-bond acceptors (Lipinski definition) is 7. The molecule has 1 fully saturated rings. The molecule has 2 aromatic heterocycles. The highest BCUT2D eigenvalue weighted by atomic mass is 15.4. The van der Waals surface area contributed by atoms with Crippen molar-refractivity contribution in [2.45, 2.75) is 71.0 Å². The van der Waals surface area contributed by atoms with E-state index >= 15 is 0 Å². The minimum absolute atomic E-state index is 0.560. The molecule has 0 bridgehead atoms. The summed E-state index contributed by atoms with van der Waals surface area (Å²) >= 11 is 0. The highest BCUT2D eigenvalue weighted by molar-refractivity contribution is 5.81. The van der Waals surface area contributed by atoms with Gasteiger partial charge in [0.15, 0.2) is 0 Å². The molecule has 1 saturated carbocycles. The van der Waals surface area contributed by atoms with E-state index in [0.29, 0.717) is 12.5 Å². The number of aryl methyl sites for hydroxylation is 2. The van der Waals surface area contributed by atoms with Crippen LogP contribution in [0, 0.1) is 6.92 Å². The molecule has 172 valence electrons. The first kappa shape index (κ1) is 22.6. The number of nitrogens with zero attached hydrogens (tertiary/aromatic N) is 5. The van der Waals surface area contributed by atoms with Gasteiger partial charge >= 0.3 is 0 Å². The van der Waals surface area contributed by atoms with E-state index in [-0.39, 0.29) is 0 Å². The third-order valence-corrected chi connectivity index (χ3v) is 6.12. The smallest absolute Gasteiger partial charge is 0.223 e. The van der Waals surface area contributed by atoms with Gasteiger partial charge in [-0.3, -0.25) is 4.68 Å². The Hall–Kier alpha value is -2.58. The van der Waals surface area contributed by atoms with Crippen LogP contribution in [0.4, 0.5) is 5.95 Å². The molecule has 8 nitrogen and oxygen atoms in total. The van der Waals surface area contributed by atoms with E-state index in [2.05, 4.69) is 36.2 Å². The summed E-state index contributed by atoms with van der Waals surface area (Å²) in [6.07, 6.45) is 11.2. The highest BCUT2D eigenvalue weighted by Crippen LogP contribution is 2.17. The summed E-state index contributed by atoms with van der Waals surface area (Å²) in [4.78, 5) is 9.14. The van der Waals surface area contributed by atoms with Crippen LogP contribution in [0.1, 0.15) is 56.3 Å². The monoisotopic (exact) mass is 436 g/mol. The van der Waals surface area contributed by atoms with Crippen molar-refractivity contribution < 1.29 is 0 Å². The first-order valence-corrected chi connectivity index (χ1v) is 12.1. The van der Waals surface area contributed by atoms with Gasteiger partial charge in [0.25, 0.3) is 0 Å². The van der Waals surface area contributed by atoms with Crippen molar-refractivity contribution in [3.05, 3.63) is 41.9 Å². The van der Waals surface area contributed by atoms with Crippen molar-refractivity contribution >= 4 is 16.9 Å². The average molecular weight is 437 g/mol. The summed E-state index contributed by atoms with van der Waals surface area (Å²) in [7, 11) is 0. The van der Waals surface area contributed by atoms with Crippen molar-refractivity contribution in [1.29, 1.82) is 0 Å². The maximum Gasteiger partial charge on any atom is 0.223 e. The summed E-state index contributed by atoms with van der Waals surface area (Å²) in [6, 6.07) is 8.81. The van der Waals surface area contributed by atoms with Gasteiger partial charge in [0.2, 0.25) is 5.95 Å². The maximum atomic E-state index is 4.59. The van der Waals surface area contributed by atoms with Crippen LogP contribution in [0.25, 0.3) is 10.9 Å². The Morgan fingerprint density at radius 3 is 2.75 bits per heavy atom. The number of fused-ring (bicyclic) bond motifs is 1. The van der Waals surface area contributed by atoms with Crippen LogP contribution in [0.3, 0.4) is 0 Å². The van der Waals surface area contributed by atoms with Gasteiger partial charge in [0.1, 0.15) is 5.69 Å². The standard InChI is InChI=1S/C24H36N8/c1-19-22-11-5-6-12-23(22)29-24(28-19)27-17-21-18-32(31-30-21)16-8-14-25-13-7-15-26-20-9-3-2-4-10-20/h5-6,11-12,18,20,25-26H,2-4,7-10,13-17H2,1H3,(H,27,28,29). The number of para-hydroxylation sites is 1. The molecule has 4 rings (SSSR count). The number of hydrogen-bond donors (Lipinski definition) is 3. The number of aromatic nitrogens is 5. The lowest BCUT2D eigenvalue weighted by Gasteiger charge is -2.22. The number of benzene rings is 1. The van der Waals surface area contributed by atoms with Gasteiger partial charge in [-0.25, -0.2) is 9.97 Å². The van der Waals surface area contributed by atoms with E-state index in [4.69, 9.17) is 0 Å². The third kappa shape index (κ3) is 6.71. The lowest BCUT2D eigenvalue weighted by Crippen LogP contribution is -2.33. The molecule has 1 aliphatic carbocycles. The summed E-state index contributed by atoms with van der Waals surface area (Å²) in [5, 5.41) is 20.1. The Labute approximate surface area is 190 Å². The van der Waals surface area contributed by atoms with Crippen molar-refractivity contribution in [1.82, 2.24) is 35.6 Å². The normalized spacial score (nSPS) is 14.8. The Morgan fingerprint density at radius 2 is 1.84 bits per heavy atom. The summed E-state index contributed by atoms with van der Waals surface area (Å²) in [6.45, 7) is 6.62. The van der Waals surface area contributed by atoms with Gasteiger partial charge in [-0.2, -0.15) is 0 Å². The van der Waals surface area contributed by atoms with Crippen LogP contribution < -0.4 is 16.0 Å². The fourth-order valence-electron chi connectivity index (χ4n) is 4.33. The topological polar surface area (TPSA) is 92.6 Å². The van der Waals surface area contributed by atoms with Gasteiger partial charge < -0.3 is 16.0 Å². The number of rotatable bonds is 12. The lowest BCUT2D eigenvalue weighted by molar-refractivity contribution is 0.371. The van der Waals surface area contributed by atoms with Gasteiger partial charge in [0.05, 0.1) is 24.0 Å². The average Bonchev–Trinajstić information content (AvgIpc) is 3.28. The van der Waals surface area contributed by atoms with Crippen molar-refractivity contribution in [3.8, 4) is 0 Å². The Kier molecular flexibility index (Phi) is 8.39. The van der Waals surface area contributed by atoms with E-state index < -0.39 is 0 Å². The van der Waals surface area contributed by atoms with Crippen LogP contribution in [-0.2, 0) is 13.1 Å². The van der Waals surface area contributed by atoms with Gasteiger partial charge in [-0.05, 0) is 58.3 Å². The predicted octanol–water partition coefficient (Wildman–Crippen LogP) is 3.43. The SMILES string of the molecule is Cc1nc(NCc2cn(CCCNCCCNC3CCCCC3)nn2)nc2ccccc12. The van der Waals surface area contributed by atoms with E-state index in [1.54, 1.807) is 0 Å². The third-order valence-electron chi connectivity index (χ3n) is 6.12. The minimum atomic E-state index is 0.560. The molecular weight excluding hydrogens is 400 g/mol. The molecule has 0 aliphatic heterocycles. The summed E-state index contributed by atoms with van der Waals surface area (Å²) < 4.78 is 1.91. The molecule has 0 atom stereocenters. The molecular formula is C24H36N8. The number of nitrogens with one attached hydrogen (secondary N) is 3. The second-order valence-corrected chi connectivity index (χ2v) is 8.72. The first-order valence-electron chi connectivity index (χ1n) is 12.1. The van der Waals surface area contributed by atoms with Crippen LogP contribution in [0.15, 0.2) is 30.5 Å². The van der Waals surface area contributed by atoms with Gasteiger partial charge in [-0.1, -0.05) is 42.7 Å². The highest BCUT2D eigenvalue weighted by Gasteiger charge is 2.11. The molecule has 0 spiro atoms. The van der Waals surface area contributed by atoms with E-state index in [0.717, 1.165) is 60.9 Å². The molecule has 8 heteroatoms. The molecule has 0 saturated heterocycles. The fraction of sp³-hybridized carbons (Fsp3) is 0.583. The Bertz CT molecular complexity index is 964. The quantitative estimate of drug-likeness (QED) is 0.375. The molecule has 0 radical (unpaired) electrons. The van der Waals surface area contributed by atoms with E-state index in [9.17, 15) is 0 Å². The largest absolute Gasteiger partial charge is 0.348 e. The predicted molar refractivity (Wildman–Crippen MR) is 129 cm³/mol. The van der Waals surface area contributed by atoms with E-state index in [1.807, 2.05) is 42.1 Å². The fourth-order valence-corrected chi connectivity index (χ4v) is 4.33. The molecule has 32 heavy (non-hydrogen) atoms. The summed E-state index contributed by atoms with van der Waals surface area (Å²) in [5.41, 5.74) is 2.81. The molecule has 0 unspecified atom stereocenters. The van der Waals surface area contributed by atoms with Crippen molar-refractivity contribution in [2.24, 2.45) is 0 Å². The zero-order valence-corrected chi connectivity index (χ0v) is 19.2. The molecule has 3 aromatic rings. The van der Waals surface area contributed by atoms with Gasteiger partial charge in [0, 0.05) is 18.0 Å². The van der Waals surface area contributed by atoms with E-state index in [1.165, 1.54) is 38.5 Å². The zero-order chi connectivity index (χ0) is 22.0. The lowest BCUT2D eigenvalue weighted by atomic mass is 9.95. The van der Waals surface area contributed by atoms with Crippen LogP contribution in [0.2, 0.25) is 0 Å². The first-order chi connectivity index (χ1) is 15.8. The number of anilines is 1. The molecule has 1 aromatic carbocycles. The van der Waals surface area contributed by atoms with Crippen molar-refractivity contribution in [3.63, 3.8) is 0 Å². The molecule has 2 heterocycles.